The number of hydrogen-bond acceptors (Lipinski definition) is 6. The van der Waals surface area contributed by atoms with Crippen LogP contribution in [-0.2, 0) is 25.5 Å². The number of thiophene rings is 1. The first-order chi connectivity index (χ1) is 13.9. The second-order valence-electron chi connectivity index (χ2n) is 6.61. The SMILES string of the molecule is COC(=O)[C@@H](Cc1c[nH]c2ccccc12)NC(=O)COC(=O)c1cc(C)sc1C. The van der Waals surface area contributed by atoms with Gasteiger partial charge in [0.05, 0.1) is 12.7 Å². The molecule has 0 aliphatic rings. The number of ether oxygens (including phenoxy) is 2. The molecule has 152 valence electrons. The van der Waals surface area contributed by atoms with Gasteiger partial charge in [0.15, 0.2) is 6.61 Å². The van der Waals surface area contributed by atoms with Crippen molar-refractivity contribution in [2.24, 2.45) is 0 Å². The molecule has 3 rings (SSSR count). The number of aromatic nitrogens is 1. The third kappa shape index (κ3) is 4.83. The van der Waals surface area contributed by atoms with Crippen molar-refractivity contribution in [2.45, 2.75) is 26.3 Å². The Morgan fingerprint density at radius 3 is 2.66 bits per heavy atom. The maximum absolute atomic E-state index is 12.3. The molecule has 3 aromatic rings. The molecule has 0 aliphatic heterocycles. The van der Waals surface area contributed by atoms with Gasteiger partial charge in [-0.25, -0.2) is 9.59 Å². The fourth-order valence-corrected chi connectivity index (χ4v) is 4.05. The van der Waals surface area contributed by atoms with Gasteiger partial charge in [0.25, 0.3) is 5.91 Å². The molecule has 1 aromatic carbocycles. The zero-order valence-electron chi connectivity index (χ0n) is 16.4. The number of hydrogen-bond donors (Lipinski definition) is 2. The molecule has 29 heavy (non-hydrogen) atoms. The zero-order valence-corrected chi connectivity index (χ0v) is 17.2. The number of amides is 1. The normalized spacial score (nSPS) is 11.8. The Morgan fingerprint density at radius 1 is 1.21 bits per heavy atom. The highest BCUT2D eigenvalue weighted by atomic mass is 32.1. The Hall–Kier alpha value is -3.13. The molecule has 8 heteroatoms. The molecule has 2 N–H and O–H groups in total. The van der Waals surface area contributed by atoms with Crippen molar-refractivity contribution >= 4 is 40.1 Å². The number of aromatic amines is 1. The number of methoxy groups -OCH3 is 1. The van der Waals surface area contributed by atoms with E-state index in [2.05, 4.69) is 10.3 Å². The molecule has 0 aliphatic carbocycles. The summed E-state index contributed by atoms with van der Waals surface area (Å²) in [7, 11) is 1.26. The fraction of sp³-hybridized carbons (Fsp3) is 0.286. The molecule has 0 bridgehead atoms. The van der Waals surface area contributed by atoms with E-state index in [1.807, 2.05) is 38.1 Å². The molecule has 0 radical (unpaired) electrons. The average molecular weight is 414 g/mol. The van der Waals surface area contributed by atoms with Crippen molar-refractivity contribution in [3.8, 4) is 0 Å². The predicted octanol–water partition coefficient (Wildman–Crippen LogP) is 2.90. The smallest absolute Gasteiger partial charge is 0.339 e. The van der Waals surface area contributed by atoms with E-state index in [4.69, 9.17) is 9.47 Å². The Bertz CT molecular complexity index is 1050. The van der Waals surface area contributed by atoms with Crippen molar-refractivity contribution in [3.63, 3.8) is 0 Å². The van der Waals surface area contributed by atoms with Gasteiger partial charge in [-0.05, 0) is 31.5 Å². The third-order valence-corrected chi connectivity index (χ3v) is 5.48. The number of benzene rings is 1. The molecule has 1 amide bonds. The fourth-order valence-electron chi connectivity index (χ4n) is 3.13. The van der Waals surface area contributed by atoms with Gasteiger partial charge in [-0.2, -0.15) is 0 Å². The Kier molecular flexibility index (Phi) is 6.33. The molecule has 0 saturated carbocycles. The molecule has 0 unspecified atom stereocenters. The monoisotopic (exact) mass is 414 g/mol. The van der Waals surface area contributed by atoms with E-state index in [1.165, 1.54) is 18.4 Å². The van der Waals surface area contributed by atoms with Crippen LogP contribution >= 0.6 is 11.3 Å². The van der Waals surface area contributed by atoms with Crippen LogP contribution in [-0.4, -0.2) is 42.6 Å². The van der Waals surface area contributed by atoms with Crippen LogP contribution in [0.5, 0.6) is 0 Å². The molecule has 0 spiro atoms. The van der Waals surface area contributed by atoms with Crippen molar-refractivity contribution in [1.82, 2.24) is 10.3 Å². The maximum Gasteiger partial charge on any atom is 0.339 e. The number of esters is 2. The van der Waals surface area contributed by atoms with E-state index >= 15 is 0 Å². The minimum absolute atomic E-state index is 0.249. The van der Waals surface area contributed by atoms with Gasteiger partial charge < -0.3 is 19.8 Å². The second kappa shape index (κ2) is 8.91. The quantitative estimate of drug-likeness (QED) is 0.580. The summed E-state index contributed by atoms with van der Waals surface area (Å²) >= 11 is 1.49. The molecular weight excluding hydrogens is 392 g/mol. The molecule has 7 nitrogen and oxygen atoms in total. The van der Waals surface area contributed by atoms with Crippen molar-refractivity contribution in [1.29, 1.82) is 0 Å². The van der Waals surface area contributed by atoms with Gasteiger partial charge in [0.2, 0.25) is 0 Å². The highest BCUT2D eigenvalue weighted by Gasteiger charge is 2.24. The number of para-hydroxylation sites is 1. The summed E-state index contributed by atoms with van der Waals surface area (Å²) in [6, 6.07) is 8.51. The van der Waals surface area contributed by atoms with E-state index in [0.29, 0.717) is 5.56 Å². The molecule has 0 fully saturated rings. The lowest BCUT2D eigenvalue weighted by molar-refractivity contribution is -0.145. The summed E-state index contributed by atoms with van der Waals surface area (Å²) in [6.45, 7) is 3.24. The lowest BCUT2D eigenvalue weighted by atomic mass is 10.0. The predicted molar refractivity (Wildman–Crippen MR) is 110 cm³/mol. The largest absolute Gasteiger partial charge is 0.467 e. The summed E-state index contributed by atoms with van der Waals surface area (Å²) < 4.78 is 9.92. The molecule has 1 atom stereocenters. The standard InChI is InChI=1S/C21H22N2O5S/c1-12-8-16(13(2)29-12)20(25)28-11-19(24)23-18(21(26)27-3)9-14-10-22-17-7-5-4-6-15(14)17/h4-8,10,18,22H,9,11H2,1-3H3,(H,23,24)/t18-/m1/s1. The average Bonchev–Trinajstić information content (AvgIpc) is 3.27. The lowest BCUT2D eigenvalue weighted by Gasteiger charge is -2.16. The Balaban J connectivity index is 1.64. The lowest BCUT2D eigenvalue weighted by Crippen LogP contribution is -2.44. The van der Waals surface area contributed by atoms with Crippen molar-refractivity contribution in [3.05, 3.63) is 57.4 Å². The van der Waals surface area contributed by atoms with Crippen LogP contribution in [0.3, 0.4) is 0 Å². The van der Waals surface area contributed by atoms with Gasteiger partial charge in [-0.3, -0.25) is 4.79 Å². The van der Waals surface area contributed by atoms with Gasteiger partial charge in [-0.15, -0.1) is 11.3 Å². The maximum atomic E-state index is 12.3. The molecule has 2 aromatic heterocycles. The van der Waals surface area contributed by atoms with E-state index in [-0.39, 0.29) is 6.42 Å². The summed E-state index contributed by atoms with van der Waals surface area (Å²) in [5.74, 6) is -1.70. The van der Waals surface area contributed by atoms with Gasteiger partial charge >= 0.3 is 11.9 Å². The van der Waals surface area contributed by atoms with Gasteiger partial charge in [-0.1, -0.05) is 18.2 Å². The minimum Gasteiger partial charge on any atom is -0.467 e. The second-order valence-corrected chi connectivity index (χ2v) is 8.07. The first kappa shape index (κ1) is 20.6. The van der Waals surface area contributed by atoms with Crippen LogP contribution in [0.15, 0.2) is 36.5 Å². The van der Waals surface area contributed by atoms with Crippen LogP contribution in [0, 0.1) is 13.8 Å². The summed E-state index contributed by atoms with van der Waals surface area (Å²) in [4.78, 5) is 41.6. The van der Waals surface area contributed by atoms with E-state index in [9.17, 15) is 14.4 Å². The Labute approximate surface area is 172 Å². The van der Waals surface area contributed by atoms with Crippen LogP contribution in [0.4, 0.5) is 0 Å². The van der Waals surface area contributed by atoms with E-state index in [0.717, 1.165) is 26.2 Å². The third-order valence-electron chi connectivity index (χ3n) is 4.52. The number of carbonyl (C=O) groups is 3. The van der Waals surface area contributed by atoms with Crippen molar-refractivity contribution in [2.75, 3.05) is 13.7 Å². The number of nitrogens with one attached hydrogen (secondary N) is 2. The topological polar surface area (TPSA) is 97.5 Å². The van der Waals surface area contributed by atoms with Crippen LogP contribution < -0.4 is 5.32 Å². The minimum atomic E-state index is -0.893. The number of aryl methyl sites for hydroxylation is 2. The van der Waals surface area contributed by atoms with Crippen LogP contribution in [0.2, 0.25) is 0 Å². The number of H-pyrrole nitrogens is 1. The zero-order chi connectivity index (χ0) is 21.0. The Morgan fingerprint density at radius 2 is 1.97 bits per heavy atom. The summed E-state index contributed by atoms with van der Waals surface area (Å²) in [5.41, 5.74) is 2.26. The van der Waals surface area contributed by atoms with Gasteiger partial charge in [0, 0.05) is 33.3 Å². The number of fused-ring (bicyclic) bond motifs is 1. The first-order valence-electron chi connectivity index (χ1n) is 9.05. The molecular formula is C21H22N2O5S. The summed E-state index contributed by atoms with van der Waals surface area (Å²) in [5, 5.41) is 3.56. The number of carbonyl (C=O) groups excluding carboxylic acids is 3. The molecule has 0 saturated heterocycles. The van der Waals surface area contributed by atoms with Crippen LogP contribution in [0.1, 0.15) is 25.7 Å². The van der Waals surface area contributed by atoms with E-state index < -0.39 is 30.5 Å². The number of rotatable bonds is 7. The van der Waals surface area contributed by atoms with Crippen molar-refractivity contribution < 1.29 is 23.9 Å². The van der Waals surface area contributed by atoms with Crippen LogP contribution in [0.25, 0.3) is 10.9 Å². The van der Waals surface area contributed by atoms with Gasteiger partial charge in [0.1, 0.15) is 6.04 Å². The first-order valence-corrected chi connectivity index (χ1v) is 9.87. The molecule has 2 heterocycles. The highest BCUT2D eigenvalue weighted by molar-refractivity contribution is 7.12. The highest BCUT2D eigenvalue weighted by Crippen LogP contribution is 2.21. The van der Waals surface area contributed by atoms with E-state index in [1.54, 1.807) is 12.3 Å². The summed E-state index contributed by atoms with van der Waals surface area (Å²) in [6.07, 6.45) is 2.05.